The van der Waals surface area contributed by atoms with Crippen molar-refractivity contribution in [3.8, 4) is 0 Å². The molecule has 8 nitrogen and oxygen atoms in total. The Morgan fingerprint density at radius 2 is 1.94 bits per heavy atom. The molecule has 0 bridgehead atoms. The highest BCUT2D eigenvalue weighted by molar-refractivity contribution is 5.80. The fourth-order valence-electron chi connectivity index (χ4n) is 4.44. The lowest BCUT2D eigenvalue weighted by Gasteiger charge is -2.28. The molecule has 8 heteroatoms. The molecule has 3 rings (SSSR count). The van der Waals surface area contributed by atoms with Gasteiger partial charge in [-0.1, -0.05) is 25.1 Å². The van der Waals surface area contributed by atoms with Crippen LogP contribution in [0.4, 0.5) is 0 Å². The van der Waals surface area contributed by atoms with Crippen LogP contribution in [0.5, 0.6) is 0 Å². The molecule has 0 saturated heterocycles. The highest BCUT2D eigenvalue weighted by atomic mass is 16.7. The van der Waals surface area contributed by atoms with Crippen molar-refractivity contribution in [2.24, 2.45) is 17.8 Å². The van der Waals surface area contributed by atoms with Gasteiger partial charge >= 0.3 is 0 Å². The number of nitrogens with one attached hydrogen (secondary N) is 2. The smallest absolute Gasteiger partial charge is 0.246 e. The van der Waals surface area contributed by atoms with Crippen molar-refractivity contribution < 1.29 is 28.7 Å². The first kappa shape index (κ1) is 25.2. The van der Waals surface area contributed by atoms with Gasteiger partial charge in [-0.2, -0.15) is 0 Å². The lowest BCUT2D eigenvalue weighted by Crippen LogP contribution is -2.45. The summed E-state index contributed by atoms with van der Waals surface area (Å²) in [7, 11) is 0. The Labute approximate surface area is 195 Å². The van der Waals surface area contributed by atoms with Crippen molar-refractivity contribution in [2.45, 2.75) is 58.4 Å². The summed E-state index contributed by atoms with van der Waals surface area (Å²) in [4.78, 5) is 25.4. The van der Waals surface area contributed by atoms with Crippen molar-refractivity contribution in [2.75, 3.05) is 20.0 Å². The summed E-state index contributed by atoms with van der Waals surface area (Å²) in [5.74, 6) is 0.149. The van der Waals surface area contributed by atoms with Crippen molar-refractivity contribution in [3.63, 3.8) is 0 Å². The van der Waals surface area contributed by atoms with Crippen LogP contribution in [0.2, 0.25) is 0 Å². The van der Waals surface area contributed by atoms with E-state index in [1.54, 1.807) is 5.48 Å². The van der Waals surface area contributed by atoms with Gasteiger partial charge in [-0.05, 0) is 57.1 Å². The molecule has 0 spiro atoms. The van der Waals surface area contributed by atoms with Crippen LogP contribution in [0.25, 0.3) is 11.0 Å². The first-order chi connectivity index (χ1) is 16.0. The van der Waals surface area contributed by atoms with Gasteiger partial charge in [-0.3, -0.25) is 14.8 Å². The first-order valence-corrected chi connectivity index (χ1v) is 11.9. The van der Waals surface area contributed by atoms with Crippen LogP contribution >= 0.6 is 0 Å². The lowest BCUT2D eigenvalue weighted by molar-refractivity contribution is -0.135. The normalized spacial score (nSPS) is 20.3. The highest BCUT2D eigenvalue weighted by Gasteiger charge is 2.29. The third-order valence-corrected chi connectivity index (χ3v) is 6.40. The monoisotopic (exact) mass is 460 g/mol. The summed E-state index contributed by atoms with van der Waals surface area (Å²) in [6.07, 6.45) is 4.43. The molecule has 2 aromatic rings. The number of rotatable bonds is 12. The average molecular weight is 461 g/mol. The summed E-state index contributed by atoms with van der Waals surface area (Å²) in [6.45, 7) is 4.95. The molecule has 3 N–H and O–H groups in total. The Morgan fingerprint density at radius 1 is 1.18 bits per heavy atom. The standard InChI is InChI=1S/C25H36N2O6/c1-3-31-16-32-15-21(26-24(28)18-10-8-17(2)9-11-18)12-20(25(29)27-30)14-22-13-19-6-4-5-7-23(19)33-22/h4-7,13,17-18,20-21,30H,3,8-12,14-16H2,1-2H3,(H,26,28)(H,27,29)/t17?,18?,20-,21+/m1/s1. The fraction of sp³-hybridized carbons (Fsp3) is 0.600. The van der Waals surface area contributed by atoms with E-state index < -0.39 is 17.9 Å². The summed E-state index contributed by atoms with van der Waals surface area (Å²) in [5.41, 5.74) is 2.51. The van der Waals surface area contributed by atoms with E-state index in [1.165, 1.54) is 0 Å². The second-order valence-electron chi connectivity index (χ2n) is 9.01. The molecule has 0 radical (unpaired) electrons. The maximum Gasteiger partial charge on any atom is 0.246 e. The van der Waals surface area contributed by atoms with Gasteiger partial charge in [0, 0.05) is 30.2 Å². The van der Waals surface area contributed by atoms with Crippen LogP contribution in [0.15, 0.2) is 34.7 Å². The van der Waals surface area contributed by atoms with E-state index in [1.807, 2.05) is 37.3 Å². The van der Waals surface area contributed by atoms with E-state index in [0.717, 1.165) is 36.7 Å². The topological polar surface area (TPSA) is 110 Å². The number of carbonyl (C=O) groups excluding carboxylic acids is 2. The lowest BCUT2D eigenvalue weighted by atomic mass is 9.82. The Kier molecular flexibility index (Phi) is 9.72. The van der Waals surface area contributed by atoms with E-state index in [0.29, 0.717) is 31.1 Å². The van der Waals surface area contributed by atoms with E-state index in [2.05, 4.69) is 12.2 Å². The molecule has 1 aliphatic carbocycles. The van der Waals surface area contributed by atoms with E-state index in [-0.39, 0.29) is 25.2 Å². The molecular formula is C25H36N2O6. The zero-order valence-electron chi connectivity index (χ0n) is 19.5. The minimum Gasteiger partial charge on any atom is -0.461 e. The average Bonchev–Trinajstić information content (AvgIpc) is 3.23. The number of amides is 2. The molecule has 33 heavy (non-hydrogen) atoms. The van der Waals surface area contributed by atoms with Gasteiger partial charge in [0.1, 0.15) is 18.1 Å². The Hall–Kier alpha value is -2.42. The number of fused-ring (bicyclic) bond motifs is 1. The maximum absolute atomic E-state index is 12.9. The molecule has 1 aliphatic rings. The molecule has 2 amide bonds. The van der Waals surface area contributed by atoms with Crippen LogP contribution in [0, 0.1) is 17.8 Å². The summed E-state index contributed by atoms with van der Waals surface area (Å²) < 4.78 is 16.7. The van der Waals surface area contributed by atoms with Crippen LogP contribution < -0.4 is 10.8 Å². The summed E-state index contributed by atoms with van der Waals surface area (Å²) >= 11 is 0. The Bertz CT molecular complexity index is 857. The summed E-state index contributed by atoms with van der Waals surface area (Å²) in [5, 5.41) is 13.4. The number of hydrogen-bond acceptors (Lipinski definition) is 6. The van der Waals surface area contributed by atoms with E-state index in [9.17, 15) is 14.8 Å². The minimum atomic E-state index is -0.608. The van der Waals surface area contributed by atoms with E-state index >= 15 is 0 Å². The van der Waals surface area contributed by atoms with Gasteiger partial charge in [0.15, 0.2) is 0 Å². The molecule has 0 unspecified atom stereocenters. The van der Waals surface area contributed by atoms with Crippen molar-refractivity contribution in [1.29, 1.82) is 0 Å². The number of carbonyl (C=O) groups is 2. The van der Waals surface area contributed by atoms with Gasteiger partial charge in [0.2, 0.25) is 11.8 Å². The van der Waals surface area contributed by atoms with Gasteiger partial charge < -0.3 is 19.2 Å². The van der Waals surface area contributed by atoms with Gasteiger partial charge in [-0.15, -0.1) is 0 Å². The number of hydrogen-bond donors (Lipinski definition) is 3. The Morgan fingerprint density at radius 3 is 2.64 bits per heavy atom. The predicted molar refractivity (Wildman–Crippen MR) is 123 cm³/mol. The quantitative estimate of drug-likeness (QED) is 0.192. The number of para-hydroxylation sites is 1. The zero-order chi connectivity index (χ0) is 23.6. The van der Waals surface area contributed by atoms with Gasteiger partial charge in [0.05, 0.1) is 12.6 Å². The third kappa shape index (κ3) is 7.55. The van der Waals surface area contributed by atoms with Crippen LogP contribution in [0.3, 0.4) is 0 Å². The molecule has 0 aliphatic heterocycles. The minimum absolute atomic E-state index is 0.00111. The molecule has 182 valence electrons. The molecule has 1 aromatic heterocycles. The van der Waals surface area contributed by atoms with Gasteiger partial charge in [0.25, 0.3) is 0 Å². The second kappa shape index (κ2) is 12.7. The van der Waals surface area contributed by atoms with Crippen molar-refractivity contribution in [3.05, 3.63) is 36.1 Å². The first-order valence-electron chi connectivity index (χ1n) is 11.9. The van der Waals surface area contributed by atoms with Crippen LogP contribution in [0.1, 0.15) is 51.7 Å². The maximum atomic E-state index is 12.9. The predicted octanol–water partition coefficient (Wildman–Crippen LogP) is 3.81. The molecule has 2 atom stereocenters. The van der Waals surface area contributed by atoms with Crippen LogP contribution in [-0.4, -0.2) is 43.1 Å². The largest absolute Gasteiger partial charge is 0.461 e. The number of hydroxylamine groups is 1. The SMILES string of the molecule is CCOCOC[C@H](C[C@H](Cc1cc2ccccc2o1)C(=O)NO)NC(=O)C1CCC(C)CC1. The molecule has 1 fully saturated rings. The van der Waals surface area contributed by atoms with Crippen LogP contribution in [-0.2, 0) is 25.5 Å². The van der Waals surface area contributed by atoms with Crippen molar-refractivity contribution in [1.82, 2.24) is 10.8 Å². The van der Waals surface area contributed by atoms with Crippen molar-refractivity contribution >= 4 is 22.8 Å². The Balaban J connectivity index is 1.68. The number of furan rings is 1. The number of ether oxygens (including phenoxy) is 2. The second-order valence-corrected chi connectivity index (χ2v) is 9.01. The highest BCUT2D eigenvalue weighted by Crippen LogP contribution is 2.29. The number of benzene rings is 1. The zero-order valence-corrected chi connectivity index (χ0v) is 19.5. The molecular weight excluding hydrogens is 424 g/mol. The van der Waals surface area contributed by atoms with Gasteiger partial charge in [-0.25, -0.2) is 5.48 Å². The van der Waals surface area contributed by atoms with E-state index in [4.69, 9.17) is 13.9 Å². The third-order valence-electron chi connectivity index (χ3n) is 6.40. The molecule has 1 aromatic carbocycles. The molecule has 1 saturated carbocycles. The fourth-order valence-corrected chi connectivity index (χ4v) is 4.44. The molecule has 1 heterocycles. The summed E-state index contributed by atoms with van der Waals surface area (Å²) in [6, 6.07) is 9.13.